The van der Waals surface area contributed by atoms with Gasteiger partial charge in [0.25, 0.3) is 0 Å². The van der Waals surface area contributed by atoms with E-state index < -0.39 is 21.5 Å². The summed E-state index contributed by atoms with van der Waals surface area (Å²) in [7, 11) is -2.24. The van der Waals surface area contributed by atoms with Crippen molar-refractivity contribution in [2.24, 2.45) is 0 Å². The van der Waals surface area contributed by atoms with Crippen LogP contribution in [-0.2, 0) is 21.1 Å². The highest BCUT2D eigenvalue weighted by Crippen LogP contribution is 2.22. The minimum absolute atomic E-state index is 0.0853. The zero-order chi connectivity index (χ0) is 19.3. The van der Waals surface area contributed by atoms with Crippen LogP contribution < -0.4 is 10.1 Å². The molecule has 1 aromatic carbocycles. The van der Waals surface area contributed by atoms with E-state index in [1.54, 1.807) is 29.7 Å². The quantitative estimate of drug-likeness (QED) is 0.603. The molecule has 142 valence electrons. The largest absolute Gasteiger partial charge is 0.497 e. The summed E-state index contributed by atoms with van der Waals surface area (Å²) in [4.78, 5) is 16.8. The van der Waals surface area contributed by atoms with Gasteiger partial charge in [-0.05, 0) is 46.7 Å². The number of aromatic nitrogens is 1. The van der Waals surface area contributed by atoms with Crippen LogP contribution >= 0.6 is 22.7 Å². The molecule has 0 saturated carbocycles. The minimum atomic E-state index is -3.74. The van der Waals surface area contributed by atoms with Gasteiger partial charge in [0.15, 0.2) is 9.84 Å². The number of amides is 1. The van der Waals surface area contributed by atoms with Crippen LogP contribution in [0.4, 0.5) is 0 Å². The monoisotopic (exact) mass is 422 g/mol. The van der Waals surface area contributed by atoms with Gasteiger partial charge >= 0.3 is 0 Å². The van der Waals surface area contributed by atoms with Crippen LogP contribution in [0.1, 0.15) is 16.6 Å². The van der Waals surface area contributed by atoms with Gasteiger partial charge < -0.3 is 10.1 Å². The van der Waals surface area contributed by atoms with Crippen molar-refractivity contribution in [2.75, 3.05) is 12.9 Å². The molecule has 0 aliphatic heterocycles. The maximum atomic E-state index is 12.5. The highest BCUT2D eigenvalue weighted by atomic mass is 32.2. The Morgan fingerprint density at radius 1 is 1.22 bits per heavy atom. The van der Waals surface area contributed by atoms with Crippen molar-refractivity contribution < 1.29 is 17.9 Å². The van der Waals surface area contributed by atoms with E-state index in [0.29, 0.717) is 12.2 Å². The first-order valence-electron chi connectivity index (χ1n) is 8.04. The second-order valence-electron chi connectivity index (χ2n) is 5.76. The van der Waals surface area contributed by atoms with Gasteiger partial charge in [-0.1, -0.05) is 0 Å². The number of nitrogens with one attached hydrogen (secondary N) is 1. The number of benzene rings is 1. The number of ether oxygens (including phenoxy) is 1. The Bertz CT molecular complexity index is 966. The highest BCUT2D eigenvalue weighted by molar-refractivity contribution is 7.92. The van der Waals surface area contributed by atoms with Crippen molar-refractivity contribution in [1.82, 2.24) is 10.3 Å². The topological polar surface area (TPSA) is 85.4 Å². The molecule has 27 heavy (non-hydrogen) atoms. The molecule has 2 aromatic heterocycles. The van der Waals surface area contributed by atoms with Crippen LogP contribution in [0.3, 0.4) is 0 Å². The summed E-state index contributed by atoms with van der Waals surface area (Å²) < 4.78 is 30.1. The zero-order valence-electron chi connectivity index (χ0n) is 14.5. The minimum Gasteiger partial charge on any atom is -0.497 e. The number of carbonyl (C=O) groups is 1. The molecule has 0 saturated heterocycles. The maximum absolute atomic E-state index is 12.5. The van der Waals surface area contributed by atoms with Gasteiger partial charge in [0, 0.05) is 18.0 Å². The lowest BCUT2D eigenvalue weighted by Crippen LogP contribution is -2.34. The number of sulfone groups is 1. The first kappa shape index (κ1) is 19.5. The van der Waals surface area contributed by atoms with Crippen LogP contribution in [0.5, 0.6) is 5.75 Å². The number of rotatable bonds is 8. The number of carbonyl (C=O) groups excluding carboxylic acids is 1. The number of nitrogens with zero attached hydrogens (tertiary/aromatic N) is 1. The third kappa shape index (κ3) is 5.15. The van der Waals surface area contributed by atoms with Crippen LogP contribution in [0.2, 0.25) is 0 Å². The van der Waals surface area contributed by atoms with E-state index in [2.05, 4.69) is 10.3 Å². The fourth-order valence-corrected chi connectivity index (χ4v) is 5.04. The van der Waals surface area contributed by atoms with Crippen LogP contribution in [-0.4, -0.2) is 32.2 Å². The van der Waals surface area contributed by atoms with Crippen LogP contribution in [0.15, 0.2) is 57.6 Å². The van der Waals surface area contributed by atoms with Gasteiger partial charge in [-0.25, -0.2) is 13.4 Å². The second kappa shape index (κ2) is 8.64. The Morgan fingerprint density at radius 3 is 2.59 bits per heavy atom. The third-order valence-electron chi connectivity index (χ3n) is 3.84. The lowest BCUT2D eigenvalue weighted by Gasteiger charge is -2.16. The van der Waals surface area contributed by atoms with E-state index in [-0.39, 0.29) is 10.9 Å². The number of thiazole rings is 1. The Balaban J connectivity index is 1.71. The molecule has 0 aliphatic carbocycles. The average molecular weight is 423 g/mol. The van der Waals surface area contributed by atoms with Crippen molar-refractivity contribution in [1.29, 1.82) is 0 Å². The van der Waals surface area contributed by atoms with E-state index in [0.717, 1.165) is 10.6 Å². The Labute approximate surface area is 165 Å². The van der Waals surface area contributed by atoms with E-state index in [1.165, 1.54) is 30.6 Å². The van der Waals surface area contributed by atoms with Crippen molar-refractivity contribution in [3.8, 4) is 5.75 Å². The predicted molar refractivity (Wildman–Crippen MR) is 106 cm³/mol. The first-order chi connectivity index (χ1) is 13.0. The lowest BCUT2D eigenvalue weighted by atomic mass is 10.1. The zero-order valence-corrected chi connectivity index (χ0v) is 16.9. The lowest BCUT2D eigenvalue weighted by molar-refractivity contribution is -0.119. The Kier molecular flexibility index (Phi) is 6.25. The Morgan fingerprint density at radius 2 is 2.00 bits per heavy atom. The van der Waals surface area contributed by atoms with Crippen molar-refractivity contribution >= 4 is 38.4 Å². The standard InChI is InChI=1S/C18H18N2O4S3/c1-24-14-2-4-15(5-3-14)27(22,23)12-17(21)20-16(18-19-7-9-26-18)10-13-6-8-25-11-13/h2-9,11,16H,10,12H2,1H3,(H,20,21)/t16-/m1/s1. The van der Waals surface area contributed by atoms with Gasteiger partial charge in [0.1, 0.15) is 16.5 Å². The summed E-state index contributed by atoms with van der Waals surface area (Å²) in [6.45, 7) is 0. The maximum Gasteiger partial charge on any atom is 0.236 e. The highest BCUT2D eigenvalue weighted by Gasteiger charge is 2.23. The molecular formula is C18H18N2O4S3. The molecular weight excluding hydrogens is 404 g/mol. The molecule has 1 atom stereocenters. The molecule has 0 unspecified atom stereocenters. The summed E-state index contributed by atoms with van der Waals surface area (Å²) in [5.74, 6) is -0.621. The Hall–Kier alpha value is -2.23. The molecule has 3 rings (SSSR count). The first-order valence-corrected chi connectivity index (χ1v) is 11.5. The molecule has 0 aliphatic rings. The van der Waals surface area contributed by atoms with Gasteiger partial charge in [-0.15, -0.1) is 11.3 Å². The predicted octanol–water partition coefficient (Wildman–Crippen LogP) is 3.09. The SMILES string of the molecule is COc1ccc(S(=O)(=O)CC(=O)N[C@H](Cc2ccsc2)c2nccs2)cc1. The number of hydrogen-bond acceptors (Lipinski definition) is 7. The average Bonchev–Trinajstić information content (AvgIpc) is 3.34. The fourth-order valence-electron chi connectivity index (χ4n) is 2.53. The molecule has 0 bridgehead atoms. The molecule has 2 heterocycles. The van der Waals surface area contributed by atoms with E-state index >= 15 is 0 Å². The fraction of sp³-hybridized carbons (Fsp3) is 0.222. The normalized spacial score (nSPS) is 12.5. The summed E-state index contributed by atoms with van der Waals surface area (Å²) >= 11 is 3.00. The van der Waals surface area contributed by atoms with Crippen molar-refractivity contribution in [3.63, 3.8) is 0 Å². The molecule has 0 radical (unpaired) electrons. The van der Waals surface area contributed by atoms with E-state index in [9.17, 15) is 13.2 Å². The second-order valence-corrected chi connectivity index (χ2v) is 9.46. The van der Waals surface area contributed by atoms with Crippen molar-refractivity contribution in [2.45, 2.75) is 17.4 Å². The number of hydrogen-bond donors (Lipinski definition) is 1. The number of methoxy groups -OCH3 is 1. The third-order valence-corrected chi connectivity index (χ3v) is 7.10. The number of thiophene rings is 1. The molecule has 9 heteroatoms. The van der Waals surface area contributed by atoms with Gasteiger partial charge in [-0.2, -0.15) is 11.3 Å². The van der Waals surface area contributed by atoms with Gasteiger partial charge in [0.2, 0.25) is 5.91 Å². The molecule has 6 nitrogen and oxygen atoms in total. The molecule has 3 aromatic rings. The van der Waals surface area contributed by atoms with Gasteiger partial charge in [0.05, 0.1) is 18.0 Å². The van der Waals surface area contributed by atoms with E-state index in [4.69, 9.17) is 4.74 Å². The summed E-state index contributed by atoms with van der Waals surface area (Å²) in [5, 5.41) is 9.36. The van der Waals surface area contributed by atoms with Gasteiger partial charge in [-0.3, -0.25) is 4.79 Å². The van der Waals surface area contributed by atoms with Crippen LogP contribution in [0, 0.1) is 0 Å². The van der Waals surface area contributed by atoms with Crippen molar-refractivity contribution in [3.05, 3.63) is 63.2 Å². The summed E-state index contributed by atoms with van der Waals surface area (Å²) in [5.41, 5.74) is 1.07. The summed E-state index contributed by atoms with van der Waals surface area (Å²) in [6, 6.07) is 7.60. The summed E-state index contributed by atoms with van der Waals surface area (Å²) in [6.07, 6.45) is 2.23. The van der Waals surface area contributed by atoms with Crippen LogP contribution in [0.25, 0.3) is 0 Å². The van der Waals surface area contributed by atoms with E-state index in [1.807, 2.05) is 22.2 Å². The smallest absolute Gasteiger partial charge is 0.236 e. The molecule has 1 amide bonds. The molecule has 0 fully saturated rings. The molecule has 1 N–H and O–H groups in total. The molecule has 0 spiro atoms.